The van der Waals surface area contributed by atoms with Crippen LogP contribution >= 0.6 is 0 Å². The first-order valence-corrected chi connectivity index (χ1v) is 10.3. The number of nitrogens with zero attached hydrogens (tertiary/aromatic N) is 4. The van der Waals surface area contributed by atoms with Gasteiger partial charge in [0, 0.05) is 36.3 Å². The van der Waals surface area contributed by atoms with E-state index in [0.717, 1.165) is 29.2 Å². The average molecular weight is 489 g/mol. The van der Waals surface area contributed by atoms with Crippen molar-refractivity contribution in [2.75, 3.05) is 17.7 Å². The first-order chi connectivity index (χ1) is 16.7. The summed E-state index contributed by atoms with van der Waals surface area (Å²) in [5, 5.41) is 13.2. The number of carbonyl (C=O) groups excluding carboxylic acids is 1. The number of alkyl halides is 3. The van der Waals surface area contributed by atoms with Crippen LogP contribution in [0.5, 0.6) is 5.75 Å². The maximum atomic E-state index is 14.3. The average Bonchev–Trinajstić information content (AvgIpc) is 3.21. The summed E-state index contributed by atoms with van der Waals surface area (Å²) in [6.45, 7) is 0.418. The molecule has 3 N–H and O–H groups in total. The van der Waals surface area contributed by atoms with E-state index in [9.17, 15) is 22.4 Å². The van der Waals surface area contributed by atoms with Gasteiger partial charge < -0.3 is 20.7 Å². The molecular weight excluding hydrogens is 470 g/mol. The third-order valence-corrected chi connectivity index (χ3v) is 4.80. The number of nitrogens with one attached hydrogen (secondary N) is 3. The number of hydrogen-bond acceptors (Lipinski definition) is 7. The summed E-state index contributed by atoms with van der Waals surface area (Å²) in [6, 6.07) is 10.3. The standard InChI is InChI=1S/C22H19F4N7O2/c1-27-19(34)7-8-33-18-6-5-15(9-13(18)11-29-33)31-21-28-12-17(23)20(32-21)30-14-3-2-4-16(10-14)35-22(24,25)26/h2-6,9-12H,7-8H2,1H3,(H,27,34)(H2,28,30,31,32). The molecule has 0 unspecified atom stereocenters. The Hall–Kier alpha value is -4.42. The molecular formula is C22H19F4N7O2. The van der Waals surface area contributed by atoms with Gasteiger partial charge in [0.2, 0.25) is 11.9 Å². The molecule has 0 aliphatic heterocycles. The maximum absolute atomic E-state index is 14.3. The lowest BCUT2D eigenvalue weighted by atomic mass is 10.2. The number of halogens is 4. The Morgan fingerprint density at radius 1 is 1.09 bits per heavy atom. The van der Waals surface area contributed by atoms with Crippen molar-refractivity contribution in [3.05, 3.63) is 60.7 Å². The van der Waals surface area contributed by atoms with E-state index >= 15 is 0 Å². The van der Waals surface area contributed by atoms with Crippen molar-refractivity contribution in [1.82, 2.24) is 25.1 Å². The van der Waals surface area contributed by atoms with Gasteiger partial charge in [-0.15, -0.1) is 13.2 Å². The predicted octanol–water partition coefficient (Wildman–Crippen LogP) is 4.49. The van der Waals surface area contributed by atoms with Crippen LogP contribution in [0.4, 0.5) is 40.7 Å². The van der Waals surface area contributed by atoms with Crippen molar-refractivity contribution in [1.29, 1.82) is 0 Å². The van der Waals surface area contributed by atoms with Gasteiger partial charge in [-0.05, 0) is 30.3 Å². The number of benzene rings is 2. The Balaban J connectivity index is 1.49. The molecule has 0 bridgehead atoms. The van der Waals surface area contributed by atoms with Crippen LogP contribution in [0.3, 0.4) is 0 Å². The van der Waals surface area contributed by atoms with Crippen molar-refractivity contribution in [2.45, 2.75) is 19.3 Å². The molecule has 182 valence electrons. The highest BCUT2D eigenvalue weighted by Gasteiger charge is 2.31. The van der Waals surface area contributed by atoms with Gasteiger partial charge in [-0.2, -0.15) is 10.1 Å². The molecule has 0 aliphatic rings. The summed E-state index contributed by atoms with van der Waals surface area (Å²) in [7, 11) is 1.57. The highest BCUT2D eigenvalue weighted by molar-refractivity contribution is 5.83. The molecule has 0 radical (unpaired) electrons. The van der Waals surface area contributed by atoms with Gasteiger partial charge in [0.05, 0.1) is 24.5 Å². The van der Waals surface area contributed by atoms with Crippen LogP contribution in [0.1, 0.15) is 6.42 Å². The molecule has 0 atom stereocenters. The molecule has 2 aromatic heterocycles. The topological polar surface area (TPSA) is 106 Å². The largest absolute Gasteiger partial charge is 0.573 e. The van der Waals surface area contributed by atoms with E-state index in [2.05, 4.69) is 35.8 Å². The molecule has 0 aliphatic carbocycles. The number of rotatable bonds is 8. The molecule has 4 aromatic rings. The van der Waals surface area contributed by atoms with E-state index in [-0.39, 0.29) is 29.8 Å². The fourth-order valence-electron chi connectivity index (χ4n) is 3.23. The van der Waals surface area contributed by atoms with E-state index < -0.39 is 17.9 Å². The lowest BCUT2D eigenvalue weighted by Crippen LogP contribution is -2.19. The van der Waals surface area contributed by atoms with Crippen molar-refractivity contribution in [3.63, 3.8) is 0 Å². The van der Waals surface area contributed by atoms with E-state index in [0.29, 0.717) is 12.2 Å². The SMILES string of the molecule is CNC(=O)CCn1ncc2cc(Nc3ncc(F)c(Nc4cccc(OC(F)(F)F)c4)n3)ccc21. The van der Waals surface area contributed by atoms with Crippen molar-refractivity contribution in [3.8, 4) is 5.75 Å². The van der Waals surface area contributed by atoms with Gasteiger partial charge in [0.1, 0.15) is 5.75 Å². The zero-order valence-corrected chi connectivity index (χ0v) is 18.2. The van der Waals surface area contributed by atoms with Gasteiger partial charge in [-0.1, -0.05) is 6.07 Å². The monoisotopic (exact) mass is 489 g/mol. The third kappa shape index (κ3) is 6.13. The first kappa shape index (κ1) is 23.7. The first-order valence-electron chi connectivity index (χ1n) is 10.3. The number of aryl methyl sites for hydroxylation is 1. The van der Waals surface area contributed by atoms with Crippen molar-refractivity contribution in [2.24, 2.45) is 0 Å². The van der Waals surface area contributed by atoms with Crippen LogP contribution in [0.15, 0.2) is 54.9 Å². The summed E-state index contributed by atoms with van der Waals surface area (Å²) in [6.07, 6.45) is -1.97. The van der Waals surface area contributed by atoms with Crippen LogP contribution in [0.25, 0.3) is 10.9 Å². The number of fused-ring (bicyclic) bond motifs is 1. The lowest BCUT2D eigenvalue weighted by molar-refractivity contribution is -0.274. The van der Waals surface area contributed by atoms with Gasteiger partial charge in [0.25, 0.3) is 0 Å². The number of hydrogen-bond donors (Lipinski definition) is 3. The molecule has 0 saturated carbocycles. The number of aromatic nitrogens is 4. The maximum Gasteiger partial charge on any atom is 0.573 e. The zero-order chi connectivity index (χ0) is 25.0. The quantitative estimate of drug-likeness (QED) is 0.313. The lowest BCUT2D eigenvalue weighted by Gasteiger charge is -2.12. The van der Waals surface area contributed by atoms with Crippen LogP contribution in [0.2, 0.25) is 0 Å². The summed E-state index contributed by atoms with van der Waals surface area (Å²) >= 11 is 0. The molecule has 35 heavy (non-hydrogen) atoms. The minimum absolute atomic E-state index is 0.0583. The van der Waals surface area contributed by atoms with Crippen molar-refractivity contribution >= 4 is 40.0 Å². The smallest absolute Gasteiger partial charge is 0.406 e. The fourth-order valence-corrected chi connectivity index (χ4v) is 3.23. The molecule has 4 rings (SSSR count). The normalized spacial score (nSPS) is 11.3. The fraction of sp³-hybridized carbons (Fsp3) is 0.182. The number of amides is 1. The van der Waals surface area contributed by atoms with Crippen LogP contribution < -0.4 is 20.7 Å². The molecule has 9 nitrogen and oxygen atoms in total. The Morgan fingerprint density at radius 3 is 2.66 bits per heavy atom. The number of ether oxygens (including phenoxy) is 1. The molecule has 0 spiro atoms. The Morgan fingerprint density at radius 2 is 1.89 bits per heavy atom. The van der Waals surface area contributed by atoms with Gasteiger partial charge in [0.15, 0.2) is 11.6 Å². The van der Waals surface area contributed by atoms with Gasteiger partial charge in [-0.3, -0.25) is 9.48 Å². The van der Waals surface area contributed by atoms with Gasteiger partial charge >= 0.3 is 6.36 Å². The molecule has 2 heterocycles. The van der Waals surface area contributed by atoms with E-state index in [1.165, 1.54) is 12.1 Å². The molecule has 13 heteroatoms. The minimum atomic E-state index is -4.85. The number of carbonyl (C=O) groups is 1. The van der Waals surface area contributed by atoms with Crippen molar-refractivity contribution < 1.29 is 27.1 Å². The molecule has 1 amide bonds. The second kappa shape index (κ2) is 9.83. The highest BCUT2D eigenvalue weighted by Crippen LogP contribution is 2.28. The van der Waals surface area contributed by atoms with Crippen LogP contribution in [0, 0.1) is 5.82 Å². The van der Waals surface area contributed by atoms with E-state index in [1.807, 2.05) is 6.07 Å². The second-order valence-electron chi connectivity index (χ2n) is 7.28. The second-order valence-corrected chi connectivity index (χ2v) is 7.28. The Bertz CT molecular complexity index is 1360. The summed E-state index contributed by atoms with van der Waals surface area (Å²) in [5.41, 5.74) is 1.56. The summed E-state index contributed by atoms with van der Waals surface area (Å²) in [4.78, 5) is 19.5. The van der Waals surface area contributed by atoms with E-state index in [1.54, 1.807) is 30.1 Å². The summed E-state index contributed by atoms with van der Waals surface area (Å²) in [5.74, 6) is -1.54. The Kier molecular flexibility index (Phi) is 6.66. The summed E-state index contributed by atoms with van der Waals surface area (Å²) < 4.78 is 57.2. The van der Waals surface area contributed by atoms with Crippen LogP contribution in [-0.2, 0) is 11.3 Å². The molecule has 0 fully saturated rings. The third-order valence-electron chi connectivity index (χ3n) is 4.80. The zero-order valence-electron chi connectivity index (χ0n) is 18.2. The minimum Gasteiger partial charge on any atom is -0.406 e. The van der Waals surface area contributed by atoms with Crippen LogP contribution in [-0.4, -0.2) is 39.1 Å². The predicted molar refractivity (Wildman–Crippen MR) is 120 cm³/mol. The molecule has 0 saturated heterocycles. The number of anilines is 4. The van der Waals surface area contributed by atoms with E-state index in [4.69, 9.17) is 0 Å². The van der Waals surface area contributed by atoms with Gasteiger partial charge in [-0.25, -0.2) is 9.37 Å². The molecule has 2 aromatic carbocycles. The highest BCUT2D eigenvalue weighted by atomic mass is 19.4. The Labute approximate surface area is 196 Å².